The second kappa shape index (κ2) is 4.87. The maximum atomic E-state index is 11.5. The molecule has 0 radical (unpaired) electrons. The van der Waals surface area contributed by atoms with Gasteiger partial charge in [0.15, 0.2) is 0 Å². The number of hydrogen-bond acceptors (Lipinski definition) is 3. The van der Waals surface area contributed by atoms with Crippen molar-refractivity contribution in [1.82, 2.24) is 5.32 Å². The van der Waals surface area contributed by atoms with Gasteiger partial charge in [0.25, 0.3) is 5.91 Å². The number of esters is 1. The van der Waals surface area contributed by atoms with E-state index in [9.17, 15) is 9.59 Å². The van der Waals surface area contributed by atoms with Crippen LogP contribution in [-0.4, -0.2) is 26.0 Å². The number of nitrogens with one attached hydrogen (secondary N) is 1. The molecule has 0 atom stereocenters. The molecule has 0 aliphatic rings. The highest BCUT2D eigenvalue weighted by Crippen LogP contribution is 2.18. The van der Waals surface area contributed by atoms with Gasteiger partial charge in [-0.1, -0.05) is 12.1 Å². The van der Waals surface area contributed by atoms with E-state index >= 15 is 0 Å². The van der Waals surface area contributed by atoms with Gasteiger partial charge in [0.1, 0.15) is 0 Å². The van der Waals surface area contributed by atoms with Crippen LogP contribution in [0.2, 0.25) is 0 Å². The van der Waals surface area contributed by atoms with Gasteiger partial charge in [-0.3, -0.25) is 4.79 Å². The van der Waals surface area contributed by atoms with E-state index in [1.165, 1.54) is 7.11 Å². The summed E-state index contributed by atoms with van der Waals surface area (Å²) in [7, 11) is 2.92. The summed E-state index contributed by atoms with van der Waals surface area (Å²) in [5.74, 6) is -0.539. The number of methoxy groups -OCH3 is 1. The predicted molar refractivity (Wildman–Crippen MR) is 68.7 cm³/mol. The summed E-state index contributed by atoms with van der Waals surface area (Å²) in [4.78, 5) is 23.0. The summed E-state index contributed by atoms with van der Waals surface area (Å²) in [6, 6.07) is 10.6. The van der Waals surface area contributed by atoms with Gasteiger partial charge < -0.3 is 10.1 Å². The molecular formula is C14H13NO3. The van der Waals surface area contributed by atoms with E-state index in [0.29, 0.717) is 11.1 Å². The van der Waals surface area contributed by atoms with Crippen molar-refractivity contribution in [3.63, 3.8) is 0 Å². The Hall–Kier alpha value is -2.36. The van der Waals surface area contributed by atoms with Crippen LogP contribution < -0.4 is 5.32 Å². The Labute approximate surface area is 105 Å². The van der Waals surface area contributed by atoms with Crippen molar-refractivity contribution < 1.29 is 14.3 Å². The molecule has 0 unspecified atom stereocenters. The third kappa shape index (κ3) is 2.18. The molecule has 0 saturated heterocycles. The Morgan fingerprint density at radius 2 is 1.61 bits per heavy atom. The molecule has 0 aliphatic carbocycles. The van der Waals surface area contributed by atoms with Crippen LogP contribution in [0, 0.1) is 0 Å². The quantitative estimate of drug-likeness (QED) is 0.820. The minimum Gasteiger partial charge on any atom is -0.465 e. The van der Waals surface area contributed by atoms with Gasteiger partial charge in [-0.2, -0.15) is 0 Å². The van der Waals surface area contributed by atoms with E-state index in [1.54, 1.807) is 31.3 Å². The van der Waals surface area contributed by atoms with Crippen molar-refractivity contribution in [2.24, 2.45) is 0 Å². The number of fused-ring (bicyclic) bond motifs is 1. The molecule has 2 aromatic rings. The highest BCUT2D eigenvalue weighted by Gasteiger charge is 2.08. The maximum absolute atomic E-state index is 11.5. The Morgan fingerprint density at radius 1 is 1.00 bits per heavy atom. The summed E-state index contributed by atoms with van der Waals surface area (Å²) < 4.78 is 4.67. The predicted octanol–water partition coefficient (Wildman–Crippen LogP) is 1.99. The van der Waals surface area contributed by atoms with E-state index in [1.807, 2.05) is 12.1 Å². The van der Waals surface area contributed by atoms with E-state index in [4.69, 9.17) is 0 Å². The molecule has 1 amide bonds. The van der Waals surface area contributed by atoms with Gasteiger partial charge in [0, 0.05) is 12.6 Å². The summed E-state index contributed by atoms with van der Waals surface area (Å²) >= 11 is 0. The van der Waals surface area contributed by atoms with Crippen molar-refractivity contribution in [1.29, 1.82) is 0 Å². The van der Waals surface area contributed by atoms with Crippen molar-refractivity contribution in [2.45, 2.75) is 0 Å². The zero-order valence-electron chi connectivity index (χ0n) is 10.2. The standard InChI is InChI=1S/C14H13NO3/c1-15-13(16)10-5-3-9-4-6-11(14(17)18-2)8-12(9)7-10/h3-8H,1-2H3,(H,15,16). The van der Waals surface area contributed by atoms with Crippen LogP contribution in [0.3, 0.4) is 0 Å². The normalized spacial score (nSPS) is 10.1. The fourth-order valence-corrected chi connectivity index (χ4v) is 1.78. The van der Waals surface area contributed by atoms with Gasteiger partial charge in [0.2, 0.25) is 0 Å². The molecule has 4 heteroatoms. The van der Waals surface area contributed by atoms with Gasteiger partial charge in [-0.15, -0.1) is 0 Å². The zero-order chi connectivity index (χ0) is 13.1. The van der Waals surface area contributed by atoms with Crippen LogP contribution in [0.4, 0.5) is 0 Å². The zero-order valence-corrected chi connectivity index (χ0v) is 10.2. The van der Waals surface area contributed by atoms with E-state index in [2.05, 4.69) is 10.1 Å². The summed E-state index contributed by atoms with van der Waals surface area (Å²) in [5, 5.41) is 4.36. The van der Waals surface area contributed by atoms with Crippen LogP contribution in [0.15, 0.2) is 36.4 Å². The number of hydrogen-bond donors (Lipinski definition) is 1. The van der Waals surface area contributed by atoms with E-state index < -0.39 is 0 Å². The van der Waals surface area contributed by atoms with Crippen LogP contribution in [0.25, 0.3) is 10.8 Å². The minimum absolute atomic E-state index is 0.152. The first-order valence-corrected chi connectivity index (χ1v) is 5.50. The third-order valence-electron chi connectivity index (χ3n) is 2.75. The van der Waals surface area contributed by atoms with Gasteiger partial charge in [-0.25, -0.2) is 4.79 Å². The van der Waals surface area contributed by atoms with Crippen LogP contribution in [0.5, 0.6) is 0 Å². The number of ether oxygens (including phenoxy) is 1. The molecule has 1 N–H and O–H groups in total. The van der Waals surface area contributed by atoms with Gasteiger partial charge in [0.05, 0.1) is 12.7 Å². The van der Waals surface area contributed by atoms with Crippen LogP contribution >= 0.6 is 0 Å². The topological polar surface area (TPSA) is 55.4 Å². The molecule has 0 aromatic heterocycles. The first kappa shape index (κ1) is 12.1. The van der Waals surface area contributed by atoms with Crippen molar-refractivity contribution in [3.05, 3.63) is 47.5 Å². The molecule has 0 heterocycles. The summed E-state index contributed by atoms with van der Waals surface area (Å²) in [5.41, 5.74) is 1.03. The fourth-order valence-electron chi connectivity index (χ4n) is 1.78. The molecule has 18 heavy (non-hydrogen) atoms. The van der Waals surface area contributed by atoms with E-state index in [0.717, 1.165) is 10.8 Å². The number of amides is 1. The van der Waals surface area contributed by atoms with Gasteiger partial charge in [-0.05, 0) is 35.0 Å². The lowest BCUT2D eigenvalue weighted by Crippen LogP contribution is -2.17. The second-order valence-electron chi connectivity index (χ2n) is 3.85. The number of carbonyl (C=O) groups is 2. The number of rotatable bonds is 2. The van der Waals surface area contributed by atoms with Crippen molar-refractivity contribution in [2.75, 3.05) is 14.2 Å². The summed E-state index contributed by atoms with van der Waals surface area (Å²) in [6.07, 6.45) is 0. The highest BCUT2D eigenvalue weighted by atomic mass is 16.5. The molecule has 0 aliphatic heterocycles. The number of carbonyl (C=O) groups excluding carboxylic acids is 2. The minimum atomic E-state index is -0.387. The first-order chi connectivity index (χ1) is 8.65. The number of benzene rings is 2. The highest BCUT2D eigenvalue weighted by molar-refractivity contribution is 6.00. The largest absolute Gasteiger partial charge is 0.465 e. The summed E-state index contributed by atoms with van der Waals surface area (Å²) in [6.45, 7) is 0. The molecule has 0 spiro atoms. The average Bonchev–Trinajstić information content (AvgIpc) is 2.44. The van der Waals surface area contributed by atoms with Gasteiger partial charge >= 0.3 is 5.97 Å². The Bertz CT molecular complexity index is 569. The van der Waals surface area contributed by atoms with Crippen molar-refractivity contribution in [3.8, 4) is 0 Å². The molecule has 92 valence electrons. The third-order valence-corrected chi connectivity index (χ3v) is 2.75. The Balaban J connectivity index is 2.53. The monoisotopic (exact) mass is 243 g/mol. The maximum Gasteiger partial charge on any atom is 0.337 e. The fraction of sp³-hybridized carbons (Fsp3) is 0.143. The lowest BCUT2D eigenvalue weighted by molar-refractivity contribution is 0.0601. The molecule has 2 rings (SSSR count). The molecule has 2 aromatic carbocycles. The Morgan fingerprint density at radius 3 is 2.22 bits per heavy atom. The lowest BCUT2D eigenvalue weighted by Gasteiger charge is -2.04. The molecular weight excluding hydrogens is 230 g/mol. The van der Waals surface area contributed by atoms with E-state index in [-0.39, 0.29) is 11.9 Å². The first-order valence-electron chi connectivity index (χ1n) is 5.50. The van der Waals surface area contributed by atoms with Crippen LogP contribution in [-0.2, 0) is 4.74 Å². The Kier molecular flexibility index (Phi) is 3.28. The molecule has 0 saturated carbocycles. The molecule has 0 bridgehead atoms. The second-order valence-corrected chi connectivity index (χ2v) is 3.85. The smallest absolute Gasteiger partial charge is 0.337 e. The van der Waals surface area contributed by atoms with Crippen molar-refractivity contribution >= 4 is 22.6 Å². The average molecular weight is 243 g/mol. The molecule has 0 fully saturated rings. The molecule has 4 nitrogen and oxygen atoms in total. The van der Waals surface area contributed by atoms with Crippen LogP contribution in [0.1, 0.15) is 20.7 Å². The SMILES string of the molecule is CNC(=O)c1ccc2ccc(C(=O)OC)cc2c1. The lowest BCUT2D eigenvalue weighted by atomic mass is 10.0.